The fourth-order valence-corrected chi connectivity index (χ4v) is 1.25. The fourth-order valence-electron chi connectivity index (χ4n) is 1.25. The van der Waals surface area contributed by atoms with Crippen LogP contribution in [0.4, 0.5) is 0 Å². The van der Waals surface area contributed by atoms with E-state index in [1.54, 1.807) is 0 Å². The summed E-state index contributed by atoms with van der Waals surface area (Å²) in [5.41, 5.74) is 0.769. The van der Waals surface area contributed by atoms with E-state index >= 15 is 0 Å². The van der Waals surface area contributed by atoms with Gasteiger partial charge in [0.1, 0.15) is 12.1 Å². The molecule has 0 amide bonds. The molecule has 0 aromatic carbocycles. The van der Waals surface area contributed by atoms with E-state index in [4.69, 9.17) is 0 Å². The molecule has 0 radical (unpaired) electrons. The third-order valence-electron chi connectivity index (χ3n) is 2.13. The fraction of sp³-hybridized carbons (Fsp3) is 0.667. The van der Waals surface area contributed by atoms with Crippen LogP contribution in [0, 0.1) is 0 Å². The van der Waals surface area contributed by atoms with E-state index < -0.39 is 0 Å². The Bertz CT molecular complexity index is 242. The summed E-state index contributed by atoms with van der Waals surface area (Å²) in [7, 11) is 3.97. The maximum absolute atomic E-state index is 10.3. The van der Waals surface area contributed by atoms with Crippen LogP contribution in [0.5, 0.6) is 0 Å². The van der Waals surface area contributed by atoms with E-state index in [2.05, 4.69) is 11.9 Å². The topological polar surface area (TPSA) is 32.7 Å². The maximum atomic E-state index is 10.3. The van der Waals surface area contributed by atoms with Crippen LogP contribution in [-0.2, 0) is 4.79 Å². The highest BCUT2D eigenvalue weighted by Crippen LogP contribution is 2.05. The Labute approximate surface area is 92.9 Å². The van der Waals surface area contributed by atoms with E-state index in [0.717, 1.165) is 30.7 Å². The first-order valence-electron chi connectivity index (χ1n) is 5.48. The molecule has 0 rings (SSSR count). The molecule has 0 heterocycles. The summed E-state index contributed by atoms with van der Waals surface area (Å²) in [6.07, 6.45) is 6.83. The summed E-state index contributed by atoms with van der Waals surface area (Å²) in [6, 6.07) is 0. The zero-order valence-corrected chi connectivity index (χ0v) is 10.3. The highest BCUT2D eigenvalue weighted by Gasteiger charge is 2.01. The molecule has 0 N–H and O–H groups in total. The number of nitrogens with zero attached hydrogens (tertiary/aromatic N) is 2. The summed E-state index contributed by atoms with van der Waals surface area (Å²) in [5, 5.41) is 0. The second-order valence-electron chi connectivity index (χ2n) is 3.82. The minimum atomic E-state index is 0.769. The van der Waals surface area contributed by atoms with Gasteiger partial charge < -0.3 is 4.90 Å². The van der Waals surface area contributed by atoms with Gasteiger partial charge in [-0.05, 0) is 19.4 Å². The number of aliphatic imine (C=N–C) groups is 1. The summed E-state index contributed by atoms with van der Waals surface area (Å²) in [4.78, 5) is 16.7. The second kappa shape index (κ2) is 8.21. The van der Waals surface area contributed by atoms with E-state index in [0.29, 0.717) is 0 Å². The highest BCUT2D eigenvalue weighted by atomic mass is 16.1. The zero-order chi connectivity index (χ0) is 11.7. The predicted octanol–water partition coefficient (Wildman–Crippen LogP) is 2.63. The van der Waals surface area contributed by atoms with Crippen LogP contribution < -0.4 is 0 Å². The van der Waals surface area contributed by atoms with Crippen LogP contribution in [0.2, 0.25) is 0 Å². The average molecular weight is 210 g/mol. The van der Waals surface area contributed by atoms with E-state index in [1.807, 2.05) is 25.9 Å². The summed E-state index contributed by atoms with van der Waals surface area (Å²) in [6.45, 7) is 4.03. The molecule has 0 aromatic rings. The molecule has 0 aliphatic rings. The standard InChI is InChI=1S/C12H22N2O/c1-5-6-7-8-12(14(3)4)13-11(2)9-10-15/h9-10H,5-8H2,1-4H3/b11-9-,13-12?. The quantitative estimate of drug-likeness (QED) is 0.222. The van der Waals surface area contributed by atoms with E-state index in [-0.39, 0.29) is 0 Å². The lowest BCUT2D eigenvalue weighted by molar-refractivity contribution is -0.104. The van der Waals surface area contributed by atoms with Crippen LogP contribution in [0.25, 0.3) is 0 Å². The Morgan fingerprint density at radius 1 is 1.33 bits per heavy atom. The number of amidine groups is 1. The van der Waals surface area contributed by atoms with Crippen molar-refractivity contribution in [3.8, 4) is 0 Å². The van der Waals surface area contributed by atoms with Gasteiger partial charge in [-0.2, -0.15) is 0 Å². The van der Waals surface area contributed by atoms with Crippen LogP contribution in [-0.4, -0.2) is 31.1 Å². The van der Waals surface area contributed by atoms with Crippen molar-refractivity contribution in [3.05, 3.63) is 11.8 Å². The number of unbranched alkanes of at least 4 members (excludes halogenated alkanes) is 2. The second-order valence-corrected chi connectivity index (χ2v) is 3.82. The Hall–Kier alpha value is -1.12. The van der Waals surface area contributed by atoms with Gasteiger partial charge in [0.2, 0.25) is 0 Å². The van der Waals surface area contributed by atoms with Crippen molar-refractivity contribution in [1.29, 1.82) is 0 Å². The van der Waals surface area contributed by atoms with Gasteiger partial charge in [0, 0.05) is 26.2 Å². The lowest BCUT2D eigenvalue weighted by Gasteiger charge is -2.15. The van der Waals surface area contributed by atoms with Gasteiger partial charge in [-0.15, -0.1) is 0 Å². The number of carbonyl (C=O) groups excluding carboxylic acids is 1. The van der Waals surface area contributed by atoms with Crippen LogP contribution in [0.15, 0.2) is 16.8 Å². The van der Waals surface area contributed by atoms with Gasteiger partial charge in [-0.3, -0.25) is 4.79 Å². The number of hydrogen-bond donors (Lipinski definition) is 0. The molecule has 0 aliphatic carbocycles. The molecule has 0 unspecified atom stereocenters. The molecule has 0 saturated heterocycles. The third kappa shape index (κ3) is 6.89. The van der Waals surface area contributed by atoms with Gasteiger partial charge in [-0.25, -0.2) is 4.99 Å². The SMILES string of the molecule is CCCCCC(=N/C(C)=C\C=O)N(C)C. The Kier molecular flexibility index (Phi) is 7.60. The van der Waals surface area contributed by atoms with Gasteiger partial charge in [-0.1, -0.05) is 19.8 Å². The smallest absolute Gasteiger partial charge is 0.144 e. The van der Waals surface area contributed by atoms with Gasteiger partial charge in [0.15, 0.2) is 0 Å². The van der Waals surface area contributed by atoms with Gasteiger partial charge in [0.05, 0.1) is 0 Å². The number of carbonyl (C=O) groups is 1. The molecule has 0 bridgehead atoms. The number of hydrogen-bond acceptors (Lipinski definition) is 2. The number of allylic oxidation sites excluding steroid dienone is 2. The van der Waals surface area contributed by atoms with Crippen LogP contribution in [0.3, 0.4) is 0 Å². The first kappa shape index (κ1) is 13.9. The molecule has 86 valence electrons. The van der Waals surface area contributed by atoms with Crippen molar-refractivity contribution < 1.29 is 4.79 Å². The number of rotatable bonds is 6. The van der Waals surface area contributed by atoms with Crippen molar-refractivity contribution in [3.63, 3.8) is 0 Å². The van der Waals surface area contributed by atoms with Gasteiger partial charge in [0.25, 0.3) is 0 Å². The molecule has 0 aliphatic heterocycles. The van der Waals surface area contributed by atoms with Crippen molar-refractivity contribution in [2.45, 2.75) is 39.5 Å². The van der Waals surface area contributed by atoms with Crippen molar-refractivity contribution in [2.24, 2.45) is 4.99 Å². The maximum Gasteiger partial charge on any atom is 0.144 e. The van der Waals surface area contributed by atoms with E-state index in [9.17, 15) is 4.79 Å². The largest absolute Gasteiger partial charge is 0.366 e. The van der Waals surface area contributed by atoms with Crippen molar-refractivity contribution >= 4 is 12.1 Å². The normalized spacial score (nSPS) is 12.8. The van der Waals surface area contributed by atoms with Crippen LogP contribution in [0.1, 0.15) is 39.5 Å². The van der Waals surface area contributed by atoms with Crippen molar-refractivity contribution in [2.75, 3.05) is 14.1 Å². The monoisotopic (exact) mass is 210 g/mol. The van der Waals surface area contributed by atoms with E-state index in [1.165, 1.54) is 18.9 Å². The Balaban J connectivity index is 4.37. The molecule has 0 atom stereocenters. The van der Waals surface area contributed by atoms with Crippen molar-refractivity contribution in [1.82, 2.24) is 4.90 Å². The first-order valence-corrected chi connectivity index (χ1v) is 5.48. The van der Waals surface area contributed by atoms with Crippen LogP contribution >= 0.6 is 0 Å². The lowest BCUT2D eigenvalue weighted by atomic mass is 10.2. The number of aldehydes is 1. The molecule has 3 nitrogen and oxygen atoms in total. The molecule has 0 fully saturated rings. The summed E-state index contributed by atoms with van der Waals surface area (Å²) >= 11 is 0. The molecule has 0 aromatic heterocycles. The Morgan fingerprint density at radius 2 is 2.00 bits per heavy atom. The average Bonchev–Trinajstić information content (AvgIpc) is 2.16. The minimum Gasteiger partial charge on any atom is -0.366 e. The molecular formula is C12H22N2O. The summed E-state index contributed by atoms with van der Waals surface area (Å²) in [5.74, 6) is 1.04. The molecule has 3 heteroatoms. The third-order valence-corrected chi connectivity index (χ3v) is 2.13. The minimum absolute atomic E-state index is 0.769. The Morgan fingerprint density at radius 3 is 2.47 bits per heavy atom. The molecular weight excluding hydrogens is 188 g/mol. The molecule has 15 heavy (non-hydrogen) atoms. The first-order chi connectivity index (χ1) is 7.11. The predicted molar refractivity (Wildman–Crippen MR) is 65.1 cm³/mol. The molecule has 0 saturated carbocycles. The summed E-state index contributed by atoms with van der Waals surface area (Å²) < 4.78 is 0. The molecule has 0 spiro atoms. The van der Waals surface area contributed by atoms with Gasteiger partial charge >= 0.3 is 0 Å². The highest BCUT2D eigenvalue weighted by molar-refractivity contribution is 5.83. The lowest BCUT2D eigenvalue weighted by Crippen LogP contribution is -2.21. The zero-order valence-electron chi connectivity index (χ0n) is 10.3.